The number of amides is 1. The van der Waals surface area contributed by atoms with Gasteiger partial charge in [0, 0.05) is 11.8 Å². The SMILES string of the molecule is CS(=O)(=O)C1CN=C(NC(=O)c2ccccc2)S1. The van der Waals surface area contributed by atoms with E-state index in [4.69, 9.17) is 0 Å². The summed E-state index contributed by atoms with van der Waals surface area (Å²) in [7, 11) is -3.14. The number of nitrogens with one attached hydrogen (secondary N) is 1. The molecule has 0 saturated carbocycles. The Labute approximate surface area is 110 Å². The van der Waals surface area contributed by atoms with Gasteiger partial charge in [-0.25, -0.2) is 8.42 Å². The van der Waals surface area contributed by atoms with Gasteiger partial charge in [-0.15, -0.1) is 0 Å². The van der Waals surface area contributed by atoms with Gasteiger partial charge in [0.2, 0.25) is 0 Å². The molecule has 1 aromatic carbocycles. The zero-order valence-corrected chi connectivity index (χ0v) is 11.3. The van der Waals surface area contributed by atoms with Crippen molar-refractivity contribution in [3.05, 3.63) is 35.9 Å². The van der Waals surface area contributed by atoms with Crippen molar-refractivity contribution in [3.8, 4) is 0 Å². The van der Waals surface area contributed by atoms with E-state index in [1.165, 1.54) is 6.26 Å². The van der Waals surface area contributed by atoms with Crippen LogP contribution in [0.2, 0.25) is 0 Å². The molecular weight excluding hydrogens is 272 g/mol. The van der Waals surface area contributed by atoms with Gasteiger partial charge in [-0.05, 0) is 12.1 Å². The minimum absolute atomic E-state index is 0.188. The summed E-state index contributed by atoms with van der Waals surface area (Å²) in [6.45, 7) is 0.188. The molecule has 0 aromatic heterocycles. The summed E-state index contributed by atoms with van der Waals surface area (Å²) in [5.74, 6) is -0.281. The highest BCUT2D eigenvalue weighted by molar-refractivity contribution is 8.23. The molecule has 1 amide bonds. The summed E-state index contributed by atoms with van der Waals surface area (Å²) < 4.78 is 22.1. The first-order valence-corrected chi connectivity index (χ1v) is 8.06. The maximum atomic E-state index is 11.8. The number of sulfone groups is 1. The predicted molar refractivity (Wildman–Crippen MR) is 72.4 cm³/mol. The first kappa shape index (κ1) is 13.1. The quantitative estimate of drug-likeness (QED) is 0.875. The molecule has 1 atom stereocenters. The Kier molecular flexibility index (Phi) is 3.72. The van der Waals surface area contributed by atoms with Crippen LogP contribution in [0.25, 0.3) is 0 Å². The van der Waals surface area contributed by atoms with Crippen LogP contribution in [0.15, 0.2) is 35.3 Å². The molecule has 96 valence electrons. The molecule has 1 aliphatic heterocycles. The monoisotopic (exact) mass is 284 g/mol. The van der Waals surface area contributed by atoms with E-state index in [0.717, 1.165) is 11.8 Å². The molecule has 0 spiro atoms. The second kappa shape index (κ2) is 5.11. The molecule has 5 nitrogen and oxygen atoms in total. The zero-order valence-electron chi connectivity index (χ0n) is 9.66. The molecule has 1 heterocycles. The first-order valence-electron chi connectivity index (χ1n) is 5.23. The van der Waals surface area contributed by atoms with Crippen molar-refractivity contribution in [1.82, 2.24) is 5.32 Å². The van der Waals surface area contributed by atoms with Crippen LogP contribution in [0.4, 0.5) is 0 Å². The molecule has 7 heteroatoms. The Balaban J connectivity index is 1.99. The van der Waals surface area contributed by atoms with Gasteiger partial charge >= 0.3 is 0 Å². The van der Waals surface area contributed by atoms with Crippen LogP contribution in [0.5, 0.6) is 0 Å². The Bertz CT molecular complexity index is 582. The van der Waals surface area contributed by atoms with Crippen LogP contribution < -0.4 is 5.32 Å². The van der Waals surface area contributed by atoms with Gasteiger partial charge in [-0.1, -0.05) is 30.0 Å². The smallest absolute Gasteiger partial charge is 0.257 e. The van der Waals surface area contributed by atoms with Crippen molar-refractivity contribution in [2.75, 3.05) is 12.8 Å². The summed E-state index contributed by atoms with van der Waals surface area (Å²) in [4.78, 5) is 15.8. The Hall–Kier alpha value is -1.34. The van der Waals surface area contributed by atoms with Crippen molar-refractivity contribution < 1.29 is 13.2 Å². The summed E-state index contributed by atoms with van der Waals surface area (Å²) in [5, 5.41) is 2.97. The molecule has 1 aromatic rings. The standard InChI is InChI=1S/C11H12N2O3S2/c1-18(15,16)9-7-12-11(17-9)13-10(14)8-5-3-2-4-6-8/h2-6,9H,7H2,1H3,(H,12,13,14). The van der Waals surface area contributed by atoms with E-state index in [2.05, 4.69) is 10.3 Å². The molecule has 1 N–H and O–H groups in total. The van der Waals surface area contributed by atoms with Crippen molar-refractivity contribution in [1.29, 1.82) is 0 Å². The average Bonchev–Trinajstić information content (AvgIpc) is 2.78. The lowest BCUT2D eigenvalue weighted by atomic mass is 10.2. The van der Waals surface area contributed by atoms with E-state index in [9.17, 15) is 13.2 Å². The molecule has 2 rings (SSSR count). The molecule has 0 saturated heterocycles. The van der Waals surface area contributed by atoms with Gasteiger partial charge < -0.3 is 5.32 Å². The highest BCUT2D eigenvalue weighted by Gasteiger charge is 2.29. The normalized spacial score (nSPS) is 19.4. The second-order valence-corrected chi connectivity index (χ2v) is 7.56. The van der Waals surface area contributed by atoms with E-state index in [0.29, 0.717) is 10.7 Å². The van der Waals surface area contributed by atoms with E-state index in [1.807, 2.05) is 6.07 Å². The third kappa shape index (κ3) is 3.11. The first-order chi connectivity index (χ1) is 8.47. The fraction of sp³-hybridized carbons (Fsp3) is 0.273. The molecule has 1 aliphatic rings. The number of benzene rings is 1. The van der Waals surface area contributed by atoms with Crippen LogP contribution in [0, 0.1) is 0 Å². The van der Waals surface area contributed by atoms with Crippen molar-refractivity contribution in [2.45, 2.75) is 4.58 Å². The maximum absolute atomic E-state index is 11.8. The van der Waals surface area contributed by atoms with E-state index >= 15 is 0 Å². The largest absolute Gasteiger partial charge is 0.301 e. The fourth-order valence-electron chi connectivity index (χ4n) is 1.41. The third-order valence-electron chi connectivity index (χ3n) is 2.36. The summed E-state index contributed by atoms with van der Waals surface area (Å²) in [6, 6.07) is 8.71. The number of carbonyl (C=O) groups excluding carboxylic acids is 1. The van der Waals surface area contributed by atoms with Gasteiger partial charge in [-0.3, -0.25) is 9.79 Å². The van der Waals surface area contributed by atoms with Crippen molar-refractivity contribution >= 4 is 32.7 Å². The number of hydrogen-bond acceptors (Lipinski definition) is 5. The molecule has 1 unspecified atom stereocenters. The molecule has 0 bridgehead atoms. The maximum Gasteiger partial charge on any atom is 0.257 e. The van der Waals surface area contributed by atoms with Gasteiger partial charge in [0.1, 0.15) is 4.58 Å². The molecule has 0 radical (unpaired) electrons. The highest BCUT2D eigenvalue weighted by Crippen LogP contribution is 2.23. The summed E-state index contributed by atoms with van der Waals surface area (Å²) in [6.07, 6.45) is 1.17. The number of carbonyl (C=O) groups is 1. The van der Waals surface area contributed by atoms with Crippen LogP contribution in [-0.2, 0) is 9.84 Å². The number of hydrogen-bond donors (Lipinski definition) is 1. The van der Waals surface area contributed by atoms with Gasteiger partial charge in [0.15, 0.2) is 15.0 Å². The topological polar surface area (TPSA) is 75.6 Å². The lowest BCUT2D eigenvalue weighted by molar-refractivity contribution is 0.0978. The van der Waals surface area contributed by atoms with Crippen LogP contribution in [0.1, 0.15) is 10.4 Å². The minimum atomic E-state index is -3.14. The Morgan fingerprint density at radius 2 is 2.06 bits per heavy atom. The zero-order chi connectivity index (χ0) is 13.2. The number of nitrogens with zero attached hydrogens (tertiary/aromatic N) is 1. The fourth-order valence-corrected chi connectivity index (χ4v) is 3.42. The lowest BCUT2D eigenvalue weighted by Crippen LogP contribution is -2.28. The lowest BCUT2D eigenvalue weighted by Gasteiger charge is -2.06. The second-order valence-electron chi connectivity index (χ2n) is 3.84. The van der Waals surface area contributed by atoms with Crippen LogP contribution >= 0.6 is 11.8 Å². The van der Waals surface area contributed by atoms with E-state index < -0.39 is 14.4 Å². The minimum Gasteiger partial charge on any atom is -0.301 e. The summed E-state index contributed by atoms with van der Waals surface area (Å²) >= 11 is 1.07. The van der Waals surface area contributed by atoms with Crippen LogP contribution in [-0.4, -0.2) is 36.9 Å². The van der Waals surface area contributed by atoms with E-state index in [1.54, 1.807) is 24.3 Å². The highest BCUT2D eigenvalue weighted by atomic mass is 32.3. The van der Waals surface area contributed by atoms with Crippen molar-refractivity contribution in [3.63, 3.8) is 0 Å². The Morgan fingerprint density at radius 1 is 1.39 bits per heavy atom. The van der Waals surface area contributed by atoms with Gasteiger partial charge in [0.25, 0.3) is 5.91 Å². The van der Waals surface area contributed by atoms with Crippen molar-refractivity contribution in [2.24, 2.45) is 4.99 Å². The molecule has 18 heavy (non-hydrogen) atoms. The third-order valence-corrected chi connectivity index (χ3v) is 5.67. The van der Waals surface area contributed by atoms with E-state index in [-0.39, 0.29) is 12.5 Å². The Morgan fingerprint density at radius 3 is 2.61 bits per heavy atom. The van der Waals surface area contributed by atoms with Crippen LogP contribution in [0.3, 0.4) is 0 Å². The summed E-state index contributed by atoms with van der Waals surface area (Å²) in [5.41, 5.74) is 0.517. The number of amidine groups is 1. The predicted octanol–water partition coefficient (Wildman–Crippen LogP) is 0.890. The molecule has 0 aliphatic carbocycles. The number of rotatable bonds is 2. The molecular formula is C11H12N2O3S2. The average molecular weight is 284 g/mol. The van der Waals surface area contributed by atoms with Gasteiger partial charge in [0.05, 0.1) is 6.54 Å². The van der Waals surface area contributed by atoms with Gasteiger partial charge in [-0.2, -0.15) is 0 Å². The molecule has 0 fully saturated rings. The number of thioether (sulfide) groups is 1. The number of aliphatic imine (C=N–C) groups is 1.